The quantitative estimate of drug-likeness (QED) is 0.845. The van der Waals surface area contributed by atoms with Crippen LogP contribution in [0, 0.1) is 0 Å². The first-order valence-electron chi connectivity index (χ1n) is 6.44. The number of anilines is 3. The zero-order valence-corrected chi connectivity index (χ0v) is 12.5. The summed E-state index contributed by atoms with van der Waals surface area (Å²) in [5, 5.41) is 3.18. The van der Waals surface area contributed by atoms with E-state index in [0.717, 1.165) is 11.4 Å². The molecule has 0 aliphatic carbocycles. The van der Waals surface area contributed by atoms with Gasteiger partial charge in [0.1, 0.15) is 5.75 Å². The van der Waals surface area contributed by atoms with E-state index in [1.165, 1.54) is 21.2 Å². The Labute approximate surface area is 123 Å². The van der Waals surface area contributed by atoms with E-state index in [0.29, 0.717) is 0 Å². The normalized spacial score (nSPS) is 12.7. The molecule has 104 valence electrons. The summed E-state index contributed by atoms with van der Waals surface area (Å²) in [5.74, 6) is 0.820. The van der Waals surface area contributed by atoms with E-state index in [1.54, 1.807) is 18.8 Å². The molecule has 2 aromatic rings. The van der Waals surface area contributed by atoms with Gasteiger partial charge in [0.25, 0.3) is 0 Å². The molecule has 1 aliphatic heterocycles. The summed E-state index contributed by atoms with van der Waals surface area (Å²) in [6, 6.07) is 12.5. The van der Waals surface area contributed by atoms with Gasteiger partial charge in [-0.25, -0.2) is 0 Å². The van der Waals surface area contributed by atoms with Gasteiger partial charge >= 0.3 is 0 Å². The Morgan fingerprint density at radius 3 is 2.40 bits per heavy atom. The van der Waals surface area contributed by atoms with Crippen molar-refractivity contribution in [3.63, 3.8) is 0 Å². The molecule has 0 spiro atoms. The zero-order chi connectivity index (χ0) is 14.1. The molecule has 0 unspecified atom stereocenters. The first-order chi connectivity index (χ1) is 9.72. The number of fused-ring (bicyclic) bond motifs is 2. The molecule has 0 atom stereocenters. The smallest absolute Gasteiger partial charge is 0.148 e. The van der Waals surface area contributed by atoms with Gasteiger partial charge in [0, 0.05) is 36.6 Å². The molecular weight excluding hydrogens is 270 g/mol. The summed E-state index contributed by atoms with van der Waals surface area (Å²) in [5.41, 5.74) is 6.25. The largest absolute Gasteiger partial charge is 0.409 e. The maximum Gasteiger partial charge on any atom is 0.148 e. The highest BCUT2D eigenvalue weighted by molar-refractivity contribution is 7.99. The number of nitrogens with one attached hydrogen (secondary N) is 2. The van der Waals surface area contributed by atoms with E-state index < -0.39 is 0 Å². The van der Waals surface area contributed by atoms with E-state index >= 15 is 0 Å². The molecule has 0 fully saturated rings. The minimum Gasteiger partial charge on any atom is -0.409 e. The Morgan fingerprint density at radius 1 is 1.00 bits per heavy atom. The molecular formula is C15H17N3OS. The van der Waals surface area contributed by atoms with Crippen LogP contribution in [-0.2, 0) is 0 Å². The van der Waals surface area contributed by atoms with Crippen LogP contribution < -0.4 is 20.5 Å². The third kappa shape index (κ3) is 2.19. The van der Waals surface area contributed by atoms with Crippen LogP contribution >= 0.6 is 11.8 Å². The van der Waals surface area contributed by atoms with Crippen LogP contribution in [0.3, 0.4) is 0 Å². The SMILES string of the molecule is CNOc1ccc2c(c1)Sc1cc(NC)ccc1N2C. The fourth-order valence-electron chi connectivity index (χ4n) is 2.31. The van der Waals surface area contributed by atoms with Crippen LogP contribution in [-0.4, -0.2) is 21.1 Å². The predicted octanol–water partition coefficient (Wildman–Crippen LogP) is 3.47. The maximum absolute atomic E-state index is 5.35. The molecule has 0 radical (unpaired) electrons. The van der Waals surface area contributed by atoms with Crippen LogP contribution in [0.25, 0.3) is 0 Å². The van der Waals surface area contributed by atoms with Gasteiger partial charge in [-0.05, 0) is 36.4 Å². The zero-order valence-electron chi connectivity index (χ0n) is 11.7. The van der Waals surface area contributed by atoms with Crippen molar-refractivity contribution in [1.82, 2.24) is 5.48 Å². The van der Waals surface area contributed by atoms with Crippen molar-refractivity contribution in [3.05, 3.63) is 36.4 Å². The molecule has 3 rings (SSSR count). The van der Waals surface area contributed by atoms with Gasteiger partial charge in [-0.3, -0.25) is 0 Å². The lowest BCUT2D eigenvalue weighted by Crippen LogP contribution is -2.15. The van der Waals surface area contributed by atoms with Gasteiger partial charge in [-0.15, -0.1) is 0 Å². The first kappa shape index (κ1) is 13.1. The molecule has 0 amide bonds. The summed E-state index contributed by atoms with van der Waals surface area (Å²) in [6.45, 7) is 0. The molecule has 5 heteroatoms. The standard InChI is InChI=1S/C15H17N3OS/c1-16-10-4-6-12-14(8-10)20-15-9-11(19-17-2)5-7-13(15)18(12)3/h4-9,16-17H,1-3H3. The average molecular weight is 287 g/mol. The Hall–Kier alpha value is -1.85. The van der Waals surface area contributed by atoms with Gasteiger partial charge in [-0.1, -0.05) is 11.8 Å². The topological polar surface area (TPSA) is 36.5 Å². The fourth-order valence-corrected chi connectivity index (χ4v) is 3.53. The lowest BCUT2D eigenvalue weighted by molar-refractivity contribution is 0.223. The van der Waals surface area contributed by atoms with Crippen LogP contribution in [0.2, 0.25) is 0 Å². The van der Waals surface area contributed by atoms with Crippen molar-refractivity contribution in [3.8, 4) is 5.75 Å². The molecule has 2 aromatic carbocycles. The summed E-state index contributed by atoms with van der Waals surface area (Å²) in [7, 11) is 5.79. The van der Waals surface area contributed by atoms with Crippen molar-refractivity contribution in [2.75, 3.05) is 31.4 Å². The molecule has 1 heterocycles. The molecule has 0 bridgehead atoms. The molecule has 2 N–H and O–H groups in total. The molecule has 0 saturated heterocycles. The predicted molar refractivity (Wildman–Crippen MR) is 84.3 cm³/mol. The highest BCUT2D eigenvalue weighted by Gasteiger charge is 2.21. The highest BCUT2D eigenvalue weighted by Crippen LogP contribution is 2.49. The Bertz CT molecular complexity index is 645. The number of benzene rings is 2. The van der Waals surface area contributed by atoms with Gasteiger partial charge in [0.05, 0.1) is 11.4 Å². The van der Waals surface area contributed by atoms with Crippen LogP contribution in [0.1, 0.15) is 0 Å². The van der Waals surface area contributed by atoms with E-state index in [-0.39, 0.29) is 0 Å². The monoisotopic (exact) mass is 287 g/mol. The summed E-state index contributed by atoms with van der Waals surface area (Å²) < 4.78 is 0. The van der Waals surface area contributed by atoms with Crippen molar-refractivity contribution in [2.24, 2.45) is 0 Å². The Balaban J connectivity index is 2.03. The van der Waals surface area contributed by atoms with Crippen molar-refractivity contribution >= 4 is 28.8 Å². The van der Waals surface area contributed by atoms with Crippen LogP contribution in [0.15, 0.2) is 46.2 Å². The highest BCUT2D eigenvalue weighted by atomic mass is 32.2. The second-order valence-corrected chi connectivity index (χ2v) is 5.61. The van der Waals surface area contributed by atoms with E-state index in [2.05, 4.69) is 53.1 Å². The van der Waals surface area contributed by atoms with E-state index in [9.17, 15) is 0 Å². The van der Waals surface area contributed by atoms with Crippen molar-refractivity contribution in [1.29, 1.82) is 0 Å². The third-order valence-electron chi connectivity index (χ3n) is 3.34. The average Bonchev–Trinajstić information content (AvgIpc) is 2.47. The second-order valence-electron chi connectivity index (χ2n) is 4.53. The number of hydrogen-bond acceptors (Lipinski definition) is 5. The summed E-state index contributed by atoms with van der Waals surface area (Å²) in [6.07, 6.45) is 0. The summed E-state index contributed by atoms with van der Waals surface area (Å²) in [4.78, 5) is 10.00. The minimum atomic E-state index is 0.820. The molecule has 1 aliphatic rings. The number of hydroxylamine groups is 1. The number of rotatable bonds is 3. The Kier molecular flexibility index (Phi) is 3.46. The minimum absolute atomic E-state index is 0.820. The van der Waals surface area contributed by atoms with Crippen LogP contribution in [0.5, 0.6) is 5.75 Å². The van der Waals surface area contributed by atoms with Gasteiger partial charge in [0.2, 0.25) is 0 Å². The molecule has 4 nitrogen and oxygen atoms in total. The molecule has 20 heavy (non-hydrogen) atoms. The van der Waals surface area contributed by atoms with Crippen molar-refractivity contribution < 1.29 is 4.84 Å². The molecule has 0 aromatic heterocycles. The van der Waals surface area contributed by atoms with Crippen LogP contribution in [0.4, 0.5) is 17.1 Å². The van der Waals surface area contributed by atoms with Gasteiger partial charge in [-0.2, -0.15) is 5.48 Å². The number of hydrogen-bond donors (Lipinski definition) is 2. The van der Waals surface area contributed by atoms with Gasteiger partial charge < -0.3 is 15.1 Å². The number of nitrogens with zero attached hydrogens (tertiary/aromatic N) is 1. The fraction of sp³-hybridized carbons (Fsp3) is 0.200. The maximum atomic E-state index is 5.35. The summed E-state index contributed by atoms with van der Waals surface area (Å²) >= 11 is 1.77. The Morgan fingerprint density at radius 2 is 1.70 bits per heavy atom. The van der Waals surface area contributed by atoms with Crippen molar-refractivity contribution in [2.45, 2.75) is 9.79 Å². The lowest BCUT2D eigenvalue weighted by Gasteiger charge is -2.30. The van der Waals surface area contributed by atoms with E-state index in [4.69, 9.17) is 4.84 Å². The van der Waals surface area contributed by atoms with Gasteiger partial charge in [0.15, 0.2) is 0 Å². The third-order valence-corrected chi connectivity index (χ3v) is 4.44. The van der Waals surface area contributed by atoms with E-state index in [1.807, 2.05) is 13.1 Å². The molecule has 0 saturated carbocycles. The first-order valence-corrected chi connectivity index (χ1v) is 7.25. The second kappa shape index (κ2) is 5.26. The lowest BCUT2D eigenvalue weighted by atomic mass is 10.2.